The largest absolute Gasteiger partial charge is 0.496 e. The number of rotatable bonds is 7. The van der Waals surface area contributed by atoms with Gasteiger partial charge in [0.25, 0.3) is 5.91 Å². The molecule has 0 aliphatic carbocycles. The Morgan fingerprint density at radius 2 is 1.81 bits per heavy atom. The molecule has 1 aliphatic rings. The van der Waals surface area contributed by atoms with E-state index in [4.69, 9.17) is 9.47 Å². The molecule has 1 aromatic carbocycles. The zero-order valence-electron chi connectivity index (χ0n) is 18.2. The number of methoxy groups -OCH3 is 1. The molecule has 1 amide bonds. The average Bonchev–Trinajstić information content (AvgIpc) is 2.60. The van der Waals surface area contributed by atoms with Crippen molar-refractivity contribution < 1.29 is 14.3 Å². The molecular weight excluding hydrogens is 338 g/mol. The number of likely N-dealkylation sites (tertiary alicyclic amines) is 1. The third kappa shape index (κ3) is 5.63. The van der Waals surface area contributed by atoms with Crippen molar-refractivity contribution in [2.45, 2.75) is 66.4 Å². The Morgan fingerprint density at radius 3 is 2.33 bits per heavy atom. The fourth-order valence-corrected chi connectivity index (χ4v) is 3.91. The van der Waals surface area contributed by atoms with Crippen molar-refractivity contribution >= 4 is 5.91 Å². The molecule has 1 saturated heterocycles. The van der Waals surface area contributed by atoms with E-state index in [0.29, 0.717) is 11.8 Å². The van der Waals surface area contributed by atoms with Crippen LogP contribution in [0.3, 0.4) is 0 Å². The molecular formula is C23H37NO3. The third-order valence-corrected chi connectivity index (χ3v) is 5.54. The van der Waals surface area contributed by atoms with Crippen LogP contribution in [0.25, 0.3) is 0 Å². The molecule has 2 rings (SSSR count). The second-order valence-corrected chi connectivity index (χ2v) is 9.06. The summed E-state index contributed by atoms with van der Waals surface area (Å²) in [5, 5.41) is 0. The van der Waals surface area contributed by atoms with E-state index in [9.17, 15) is 4.79 Å². The highest BCUT2D eigenvalue weighted by Crippen LogP contribution is 2.30. The van der Waals surface area contributed by atoms with Gasteiger partial charge in [-0.3, -0.25) is 4.79 Å². The molecule has 0 radical (unpaired) electrons. The van der Waals surface area contributed by atoms with Crippen LogP contribution >= 0.6 is 0 Å². The number of piperidine rings is 1. The summed E-state index contributed by atoms with van der Waals surface area (Å²) >= 11 is 0. The lowest BCUT2D eigenvalue weighted by Crippen LogP contribution is -2.51. The van der Waals surface area contributed by atoms with Gasteiger partial charge in [0, 0.05) is 13.1 Å². The van der Waals surface area contributed by atoms with Crippen LogP contribution < -0.4 is 9.47 Å². The molecule has 1 fully saturated rings. The lowest BCUT2D eigenvalue weighted by atomic mass is 9.86. The topological polar surface area (TPSA) is 38.8 Å². The van der Waals surface area contributed by atoms with Crippen LogP contribution in [0.1, 0.15) is 59.9 Å². The smallest absolute Gasteiger partial charge is 0.266 e. The fraction of sp³-hybridized carbons (Fsp3) is 0.696. The number of carbonyl (C=O) groups excluding carboxylic acids is 1. The molecule has 0 bridgehead atoms. The van der Waals surface area contributed by atoms with Gasteiger partial charge in [0.05, 0.1) is 7.11 Å². The van der Waals surface area contributed by atoms with E-state index in [1.165, 1.54) is 0 Å². The maximum Gasteiger partial charge on any atom is 0.266 e. The first-order chi connectivity index (χ1) is 12.6. The molecule has 0 unspecified atom stereocenters. The van der Waals surface area contributed by atoms with E-state index in [2.05, 4.69) is 27.7 Å². The summed E-state index contributed by atoms with van der Waals surface area (Å²) in [5.74, 6) is 3.60. The second kappa shape index (κ2) is 8.99. The highest BCUT2D eigenvalue weighted by Gasteiger charge is 2.36. The van der Waals surface area contributed by atoms with Crippen molar-refractivity contribution in [3.05, 3.63) is 23.8 Å². The summed E-state index contributed by atoms with van der Waals surface area (Å²) in [5.41, 5.74) is 0.236. The molecule has 0 aromatic heterocycles. The van der Waals surface area contributed by atoms with Crippen LogP contribution in [0.15, 0.2) is 18.2 Å². The van der Waals surface area contributed by atoms with Gasteiger partial charge in [0.2, 0.25) is 0 Å². The molecule has 0 spiro atoms. The maximum absolute atomic E-state index is 13.1. The van der Waals surface area contributed by atoms with Gasteiger partial charge in [-0.2, -0.15) is 0 Å². The molecule has 152 valence electrons. The third-order valence-electron chi connectivity index (χ3n) is 5.54. The number of hydrogen-bond acceptors (Lipinski definition) is 3. The maximum atomic E-state index is 13.1. The number of nitrogens with zero attached hydrogens (tertiary/aromatic N) is 1. The minimum absolute atomic E-state index is 0.0749. The lowest BCUT2D eigenvalue weighted by molar-refractivity contribution is -0.147. The van der Waals surface area contributed by atoms with Crippen molar-refractivity contribution in [2.24, 2.45) is 17.8 Å². The molecule has 0 N–H and O–H groups in total. The zero-order chi connectivity index (χ0) is 20.2. The number of amides is 1. The highest BCUT2D eigenvalue weighted by molar-refractivity contribution is 5.85. The first-order valence-electron chi connectivity index (χ1n) is 10.3. The highest BCUT2D eigenvalue weighted by atomic mass is 16.5. The standard InChI is InChI=1S/C23H37NO3/c1-16(2)14-19-15-20(8-9-21(19)26-7)27-23(5,6)22(25)24-12-10-18(11-13-24)17(3)4/h8-9,15-18H,10-14H2,1-7H3. The van der Waals surface area contributed by atoms with E-state index < -0.39 is 5.60 Å². The van der Waals surface area contributed by atoms with Crippen molar-refractivity contribution in [1.82, 2.24) is 4.90 Å². The number of ether oxygens (including phenoxy) is 2. The molecule has 1 aliphatic heterocycles. The monoisotopic (exact) mass is 375 g/mol. The van der Waals surface area contributed by atoms with Crippen LogP contribution in [0, 0.1) is 17.8 Å². The Labute approximate surface area is 165 Å². The van der Waals surface area contributed by atoms with Gasteiger partial charge in [-0.05, 0) is 74.6 Å². The Hall–Kier alpha value is -1.71. The van der Waals surface area contributed by atoms with Crippen molar-refractivity contribution in [2.75, 3.05) is 20.2 Å². The first kappa shape index (κ1) is 21.6. The van der Waals surface area contributed by atoms with E-state index >= 15 is 0 Å². The predicted octanol–water partition coefficient (Wildman–Crippen LogP) is 4.95. The summed E-state index contributed by atoms with van der Waals surface area (Å²) in [6.45, 7) is 14.3. The van der Waals surface area contributed by atoms with Gasteiger partial charge >= 0.3 is 0 Å². The molecule has 1 aromatic rings. The molecule has 27 heavy (non-hydrogen) atoms. The fourth-order valence-electron chi connectivity index (χ4n) is 3.91. The second-order valence-electron chi connectivity index (χ2n) is 9.06. The molecule has 1 heterocycles. The first-order valence-corrected chi connectivity index (χ1v) is 10.3. The number of carbonyl (C=O) groups is 1. The number of hydrogen-bond donors (Lipinski definition) is 0. The van der Waals surface area contributed by atoms with E-state index in [1.807, 2.05) is 36.9 Å². The minimum Gasteiger partial charge on any atom is -0.496 e. The molecule has 4 heteroatoms. The summed E-state index contributed by atoms with van der Waals surface area (Å²) in [6.07, 6.45) is 3.08. The van der Waals surface area contributed by atoms with Gasteiger partial charge in [0.1, 0.15) is 11.5 Å². The Morgan fingerprint density at radius 1 is 1.19 bits per heavy atom. The number of benzene rings is 1. The van der Waals surface area contributed by atoms with Gasteiger partial charge in [0.15, 0.2) is 5.60 Å². The summed E-state index contributed by atoms with van der Waals surface area (Å²) in [6, 6.07) is 5.84. The van der Waals surface area contributed by atoms with Crippen molar-refractivity contribution in [1.29, 1.82) is 0 Å². The molecule has 0 atom stereocenters. The summed E-state index contributed by atoms with van der Waals surface area (Å²) in [7, 11) is 1.69. The quantitative estimate of drug-likeness (QED) is 0.677. The normalized spacial score (nSPS) is 16.1. The Bertz CT molecular complexity index is 629. The van der Waals surface area contributed by atoms with Crippen LogP contribution in [0.5, 0.6) is 11.5 Å². The van der Waals surface area contributed by atoms with Crippen LogP contribution in [-0.4, -0.2) is 36.6 Å². The zero-order valence-corrected chi connectivity index (χ0v) is 18.2. The van der Waals surface area contributed by atoms with E-state index in [-0.39, 0.29) is 5.91 Å². The van der Waals surface area contributed by atoms with Crippen molar-refractivity contribution in [3.63, 3.8) is 0 Å². The van der Waals surface area contributed by atoms with E-state index in [0.717, 1.165) is 55.3 Å². The molecule has 0 saturated carbocycles. The predicted molar refractivity (Wildman–Crippen MR) is 110 cm³/mol. The van der Waals surface area contributed by atoms with Gasteiger partial charge in [-0.1, -0.05) is 27.7 Å². The van der Waals surface area contributed by atoms with Crippen LogP contribution in [0.2, 0.25) is 0 Å². The minimum atomic E-state index is -0.881. The Kier molecular flexibility index (Phi) is 7.19. The van der Waals surface area contributed by atoms with Crippen LogP contribution in [0.4, 0.5) is 0 Å². The van der Waals surface area contributed by atoms with E-state index in [1.54, 1.807) is 7.11 Å². The lowest BCUT2D eigenvalue weighted by Gasteiger charge is -2.38. The summed E-state index contributed by atoms with van der Waals surface area (Å²) < 4.78 is 11.6. The van der Waals surface area contributed by atoms with Crippen LogP contribution in [-0.2, 0) is 11.2 Å². The SMILES string of the molecule is COc1ccc(OC(C)(C)C(=O)N2CCC(C(C)C)CC2)cc1CC(C)C. The van der Waals surface area contributed by atoms with Gasteiger partial charge < -0.3 is 14.4 Å². The Balaban J connectivity index is 2.08. The van der Waals surface area contributed by atoms with Gasteiger partial charge in [-0.15, -0.1) is 0 Å². The molecule has 4 nitrogen and oxygen atoms in total. The van der Waals surface area contributed by atoms with Gasteiger partial charge in [-0.25, -0.2) is 0 Å². The summed E-state index contributed by atoms with van der Waals surface area (Å²) in [4.78, 5) is 15.0. The van der Waals surface area contributed by atoms with Crippen molar-refractivity contribution in [3.8, 4) is 11.5 Å². The average molecular weight is 376 g/mol.